The van der Waals surface area contributed by atoms with Crippen molar-refractivity contribution >= 4 is 40.9 Å². The molecule has 35 heavy (non-hydrogen) atoms. The first-order chi connectivity index (χ1) is 16.6. The van der Waals surface area contributed by atoms with E-state index in [1.165, 1.54) is 29.0 Å². The summed E-state index contributed by atoms with van der Waals surface area (Å²) in [5, 5.41) is 28.0. The number of hydrogen-bond donors (Lipinski definition) is 6. The summed E-state index contributed by atoms with van der Waals surface area (Å²) in [6.07, 6.45) is 3.83. The van der Waals surface area contributed by atoms with Crippen LogP contribution in [0.2, 0.25) is 0 Å². The largest absolute Gasteiger partial charge is 0.465 e. The highest BCUT2D eigenvalue weighted by Crippen LogP contribution is 2.19. The minimum absolute atomic E-state index is 0.0258. The molecule has 0 aromatic carbocycles. The van der Waals surface area contributed by atoms with Crippen LogP contribution < -0.4 is 21.3 Å². The first-order valence-corrected chi connectivity index (χ1v) is 10.6. The number of carbonyl (C=O) groups excluding carboxylic acids is 3. The first-order valence-electron chi connectivity index (χ1n) is 10.6. The normalized spacial score (nSPS) is 10.6. The van der Waals surface area contributed by atoms with Crippen LogP contribution in [0.25, 0.3) is 0 Å². The van der Waals surface area contributed by atoms with E-state index in [-0.39, 0.29) is 29.6 Å². The maximum atomic E-state index is 12.8. The highest BCUT2D eigenvalue weighted by molar-refractivity contribution is 6.07. The lowest BCUT2D eigenvalue weighted by Crippen LogP contribution is -2.26. The van der Waals surface area contributed by atoms with Crippen molar-refractivity contribution in [2.75, 3.05) is 29.1 Å². The summed E-state index contributed by atoms with van der Waals surface area (Å²) < 4.78 is 4.59. The Morgan fingerprint density at radius 1 is 0.714 bits per heavy atom. The number of aliphatic hydroxyl groups excluding tert-OH is 1. The van der Waals surface area contributed by atoms with Crippen molar-refractivity contribution in [2.45, 2.75) is 6.42 Å². The third-order valence-corrected chi connectivity index (χ3v) is 5.10. The molecule has 4 amide bonds. The van der Waals surface area contributed by atoms with E-state index in [4.69, 9.17) is 10.2 Å². The molecule has 13 heteroatoms. The minimum atomic E-state index is -1.24. The fraction of sp³-hybridized carbons (Fsp3) is 0.273. The Kier molecular flexibility index (Phi) is 7.61. The topological polar surface area (TPSA) is 172 Å². The lowest BCUT2D eigenvalue weighted by Gasteiger charge is -2.04. The molecule has 3 aromatic heterocycles. The molecule has 0 aliphatic carbocycles. The van der Waals surface area contributed by atoms with Gasteiger partial charge in [0.15, 0.2) is 0 Å². The summed E-state index contributed by atoms with van der Waals surface area (Å²) >= 11 is 0. The number of amides is 4. The van der Waals surface area contributed by atoms with Crippen LogP contribution in [-0.4, -0.2) is 60.9 Å². The summed E-state index contributed by atoms with van der Waals surface area (Å²) in [4.78, 5) is 48.5. The van der Waals surface area contributed by atoms with Crippen molar-refractivity contribution in [3.05, 3.63) is 53.9 Å². The van der Waals surface area contributed by atoms with Crippen molar-refractivity contribution in [3.63, 3.8) is 0 Å². The smallest absolute Gasteiger partial charge is 0.409 e. The van der Waals surface area contributed by atoms with Crippen LogP contribution in [0.4, 0.5) is 21.9 Å². The van der Waals surface area contributed by atoms with E-state index < -0.39 is 17.9 Å². The van der Waals surface area contributed by atoms with Crippen LogP contribution in [0.5, 0.6) is 0 Å². The second kappa shape index (κ2) is 10.6. The van der Waals surface area contributed by atoms with E-state index in [0.717, 1.165) is 0 Å². The van der Waals surface area contributed by atoms with Crippen molar-refractivity contribution in [1.82, 2.24) is 19.0 Å². The second-order valence-corrected chi connectivity index (χ2v) is 7.85. The molecule has 13 nitrogen and oxygen atoms in total. The molecule has 0 saturated carbocycles. The molecule has 3 rings (SSSR count). The van der Waals surface area contributed by atoms with Gasteiger partial charge in [-0.25, -0.2) is 4.79 Å². The van der Waals surface area contributed by atoms with E-state index in [1.807, 2.05) is 0 Å². The van der Waals surface area contributed by atoms with Crippen LogP contribution in [0.3, 0.4) is 0 Å². The van der Waals surface area contributed by atoms with Crippen LogP contribution in [0, 0.1) is 0 Å². The van der Waals surface area contributed by atoms with E-state index in [9.17, 15) is 19.2 Å². The van der Waals surface area contributed by atoms with Gasteiger partial charge < -0.3 is 39.9 Å². The molecule has 0 unspecified atom stereocenters. The van der Waals surface area contributed by atoms with E-state index in [1.54, 1.807) is 42.7 Å². The van der Waals surface area contributed by atoms with Crippen molar-refractivity contribution in [3.8, 4) is 0 Å². The number of rotatable bonds is 9. The molecule has 3 heterocycles. The predicted molar refractivity (Wildman–Crippen MR) is 128 cm³/mol. The van der Waals surface area contributed by atoms with Gasteiger partial charge in [0, 0.05) is 52.9 Å². The Hall–Kier alpha value is -4.52. The van der Waals surface area contributed by atoms with Crippen molar-refractivity contribution < 1.29 is 29.4 Å². The summed E-state index contributed by atoms with van der Waals surface area (Å²) in [6.45, 7) is 0.308. The number of nitrogens with one attached hydrogen (secondary N) is 4. The maximum Gasteiger partial charge on any atom is 0.409 e. The fourth-order valence-corrected chi connectivity index (χ4v) is 3.46. The number of nitrogens with zero attached hydrogens (tertiary/aromatic N) is 3. The summed E-state index contributed by atoms with van der Waals surface area (Å²) in [5.41, 5.74) is 1.86. The zero-order valence-corrected chi connectivity index (χ0v) is 19.5. The number of aryl methyl sites for hydroxylation is 3. The Morgan fingerprint density at radius 2 is 1.11 bits per heavy atom. The van der Waals surface area contributed by atoms with Gasteiger partial charge in [-0.05, 0) is 24.6 Å². The molecule has 0 spiro atoms. The Morgan fingerprint density at radius 3 is 1.51 bits per heavy atom. The standard InChI is InChI=1S/C22H27N7O6/c1-27-10-13(7-16(27)19(31)23-5-4-6-30)24-20(32)17-8-14(11-28(17)2)25-21(33)18-9-15(12-29(18)3)26-22(34)35/h7-12,26,30H,4-6H2,1-3H3,(H,23,31)(H,24,32)(H,25,33)(H,34,35). The molecule has 6 N–H and O–H groups in total. The Balaban J connectivity index is 1.67. The van der Waals surface area contributed by atoms with Gasteiger partial charge >= 0.3 is 6.09 Å². The molecule has 0 aliphatic heterocycles. The van der Waals surface area contributed by atoms with Gasteiger partial charge in [-0.2, -0.15) is 0 Å². The fourth-order valence-electron chi connectivity index (χ4n) is 3.46. The van der Waals surface area contributed by atoms with E-state index in [0.29, 0.717) is 30.0 Å². The highest BCUT2D eigenvalue weighted by atomic mass is 16.4. The Bertz CT molecular complexity index is 1270. The van der Waals surface area contributed by atoms with Gasteiger partial charge in [0.1, 0.15) is 17.1 Å². The van der Waals surface area contributed by atoms with Crippen LogP contribution in [0.1, 0.15) is 37.9 Å². The first kappa shape index (κ1) is 25.1. The average Bonchev–Trinajstić information content (AvgIpc) is 3.44. The number of aliphatic hydroxyl groups is 1. The predicted octanol–water partition coefficient (Wildman–Crippen LogP) is 1.41. The number of hydrogen-bond acceptors (Lipinski definition) is 5. The lowest BCUT2D eigenvalue weighted by atomic mass is 10.3. The van der Waals surface area contributed by atoms with Crippen molar-refractivity contribution in [2.24, 2.45) is 21.1 Å². The Labute approximate surface area is 200 Å². The van der Waals surface area contributed by atoms with E-state index in [2.05, 4.69) is 21.3 Å². The molecule has 0 radical (unpaired) electrons. The summed E-state index contributed by atoms with van der Waals surface area (Å²) in [7, 11) is 4.92. The zero-order chi connectivity index (χ0) is 25.7. The summed E-state index contributed by atoms with van der Waals surface area (Å²) in [6, 6.07) is 4.43. The molecule has 3 aromatic rings. The van der Waals surface area contributed by atoms with Gasteiger partial charge in [-0.15, -0.1) is 0 Å². The second-order valence-electron chi connectivity index (χ2n) is 7.85. The van der Waals surface area contributed by atoms with Crippen LogP contribution in [-0.2, 0) is 21.1 Å². The van der Waals surface area contributed by atoms with Crippen LogP contribution >= 0.6 is 0 Å². The molecule has 0 fully saturated rings. The van der Waals surface area contributed by atoms with Gasteiger partial charge in [-0.3, -0.25) is 19.7 Å². The van der Waals surface area contributed by atoms with Crippen molar-refractivity contribution in [1.29, 1.82) is 0 Å². The van der Waals surface area contributed by atoms with Gasteiger partial charge in [-0.1, -0.05) is 0 Å². The van der Waals surface area contributed by atoms with Gasteiger partial charge in [0.05, 0.1) is 17.1 Å². The van der Waals surface area contributed by atoms with Gasteiger partial charge in [0.25, 0.3) is 17.7 Å². The lowest BCUT2D eigenvalue weighted by molar-refractivity contribution is 0.0941. The third kappa shape index (κ3) is 6.09. The molecule has 186 valence electrons. The SMILES string of the molecule is Cn1cc(NC(=O)c2cc(NC(=O)c3cc(NC(=O)O)cn3C)cn2C)cc1C(=O)NCCCO. The third-order valence-electron chi connectivity index (χ3n) is 5.10. The minimum Gasteiger partial charge on any atom is -0.465 e. The zero-order valence-electron chi connectivity index (χ0n) is 19.5. The summed E-state index contributed by atoms with van der Waals surface area (Å²) in [5.74, 6) is -1.26. The van der Waals surface area contributed by atoms with Gasteiger partial charge in [0.2, 0.25) is 0 Å². The number of carboxylic acid groups (broad SMARTS) is 1. The molecule has 0 bridgehead atoms. The molecular formula is C22H27N7O6. The highest BCUT2D eigenvalue weighted by Gasteiger charge is 2.18. The quantitative estimate of drug-likeness (QED) is 0.250. The number of carbonyl (C=O) groups is 4. The molecule has 0 atom stereocenters. The number of anilines is 3. The molecule has 0 aliphatic rings. The number of aromatic nitrogens is 3. The monoisotopic (exact) mass is 485 g/mol. The van der Waals surface area contributed by atoms with E-state index >= 15 is 0 Å². The average molecular weight is 486 g/mol. The molecule has 0 saturated heterocycles. The molecular weight excluding hydrogens is 458 g/mol. The van der Waals surface area contributed by atoms with Crippen LogP contribution in [0.15, 0.2) is 36.8 Å². The maximum absolute atomic E-state index is 12.8.